The summed E-state index contributed by atoms with van der Waals surface area (Å²) in [5, 5.41) is 0. The normalized spacial score (nSPS) is 17.5. The first kappa shape index (κ1) is 16.7. The topological polar surface area (TPSA) is 64.3 Å². The Morgan fingerprint density at radius 1 is 1.19 bits per heavy atom. The van der Waals surface area contributed by atoms with E-state index in [-0.39, 0.29) is 11.9 Å². The predicted molar refractivity (Wildman–Crippen MR) is 93.4 cm³/mol. The molecule has 0 bridgehead atoms. The molecule has 0 spiro atoms. The second kappa shape index (κ2) is 7.21. The van der Waals surface area contributed by atoms with Crippen LogP contribution in [0.25, 0.3) is 0 Å². The Bertz CT molecular complexity index is 881. The van der Waals surface area contributed by atoms with E-state index in [4.69, 9.17) is 9.15 Å². The van der Waals surface area contributed by atoms with Crippen molar-refractivity contribution in [3.05, 3.63) is 71.6 Å². The zero-order valence-corrected chi connectivity index (χ0v) is 14.4. The average Bonchev–Trinajstić information content (AvgIpc) is 3.12. The lowest BCUT2D eigenvalue weighted by Gasteiger charge is -2.32. The summed E-state index contributed by atoms with van der Waals surface area (Å²) < 4.78 is 24.7. The number of ether oxygens (including phenoxy) is 1. The van der Waals surface area contributed by atoms with Gasteiger partial charge in [-0.2, -0.15) is 0 Å². The van der Waals surface area contributed by atoms with Gasteiger partial charge in [0, 0.05) is 19.2 Å². The molecule has 1 aliphatic heterocycles. The summed E-state index contributed by atoms with van der Waals surface area (Å²) in [5.41, 5.74) is 0.969. The number of aryl methyl sites for hydroxylation is 1. The number of morpholine rings is 1. The first-order chi connectivity index (χ1) is 12.7. The third-order valence-electron chi connectivity index (χ3n) is 4.29. The summed E-state index contributed by atoms with van der Waals surface area (Å²) in [6.45, 7) is 3.82. The molecule has 26 heavy (non-hydrogen) atoms. The van der Waals surface area contributed by atoms with E-state index in [0.29, 0.717) is 25.5 Å². The van der Waals surface area contributed by atoms with Crippen LogP contribution in [0.3, 0.4) is 0 Å². The van der Waals surface area contributed by atoms with Crippen molar-refractivity contribution in [1.82, 2.24) is 15.0 Å². The molecular formula is C19H19FN4O2. The highest BCUT2D eigenvalue weighted by atomic mass is 19.1. The Morgan fingerprint density at radius 2 is 2.04 bits per heavy atom. The van der Waals surface area contributed by atoms with E-state index in [9.17, 15) is 4.39 Å². The largest absolute Gasteiger partial charge is 0.442 e. The fraction of sp³-hybridized carbons (Fsp3) is 0.316. The van der Waals surface area contributed by atoms with Gasteiger partial charge in [0.2, 0.25) is 5.89 Å². The minimum atomic E-state index is -0.249. The number of hydrogen-bond donors (Lipinski definition) is 0. The lowest BCUT2D eigenvalue weighted by atomic mass is 10.1. The van der Waals surface area contributed by atoms with Crippen molar-refractivity contribution in [1.29, 1.82) is 0 Å². The zero-order valence-electron chi connectivity index (χ0n) is 14.4. The maximum Gasteiger partial charge on any atom is 0.225 e. The van der Waals surface area contributed by atoms with Gasteiger partial charge in [-0.25, -0.2) is 19.3 Å². The van der Waals surface area contributed by atoms with Crippen molar-refractivity contribution in [3.8, 4) is 0 Å². The van der Waals surface area contributed by atoms with Crippen molar-refractivity contribution in [2.75, 3.05) is 24.6 Å². The first-order valence-electron chi connectivity index (χ1n) is 8.52. The van der Waals surface area contributed by atoms with Gasteiger partial charge >= 0.3 is 0 Å². The van der Waals surface area contributed by atoms with E-state index in [1.165, 1.54) is 12.1 Å². The number of nitrogens with zero attached hydrogens (tertiary/aromatic N) is 4. The SMILES string of the molecule is Cc1nccc(N2CCO[C@H](c3ncc(Cc4ccc(F)cc4)o3)C2)n1. The summed E-state index contributed by atoms with van der Waals surface area (Å²) in [5.74, 6) is 2.65. The zero-order chi connectivity index (χ0) is 17.9. The molecule has 0 N–H and O–H groups in total. The smallest absolute Gasteiger partial charge is 0.225 e. The molecule has 1 aliphatic rings. The van der Waals surface area contributed by atoms with Crippen molar-refractivity contribution in [2.24, 2.45) is 0 Å². The van der Waals surface area contributed by atoms with Gasteiger partial charge in [-0.3, -0.25) is 0 Å². The number of aromatic nitrogens is 3. The quantitative estimate of drug-likeness (QED) is 0.717. The van der Waals surface area contributed by atoms with E-state index in [1.54, 1.807) is 24.5 Å². The highest BCUT2D eigenvalue weighted by molar-refractivity contribution is 5.38. The van der Waals surface area contributed by atoms with E-state index in [2.05, 4.69) is 19.9 Å². The molecule has 0 amide bonds. The minimum absolute atomic E-state index is 0.248. The first-order valence-corrected chi connectivity index (χ1v) is 8.52. The fourth-order valence-electron chi connectivity index (χ4n) is 2.98. The Morgan fingerprint density at radius 3 is 2.85 bits per heavy atom. The molecule has 0 unspecified atom stereocenters. The number of benzene rings is 1. The van der Waals surface area contributed by atoms with Crippen LogP contribution in [0.15, 0.2) is 47.1 Å². The molecule has 3 heterocycles. The highest BCUT2D eigenvalue weighted by Crippen LogP contribution is 2.25. The summed E-state index contributed by atoms with van der Waals surface area (Å²) in [6, 6.07) is 8.27. The summed E-state index contributed by atoms with van der Waals surface area (Å²) in [4.78, 5) is 15.1. The predicted octanol–water partition coefficient (Wildman–Crippen LogP) is 3.08. The molecule has 2 aromatic heterocycles. The Labute approximate surface area is 150 Å². The maximum absolute atomic E-state index is 13.0. The third kappa shape index (κ3) is 3.72. The lowest BCUT2D eigenvalue weighted by molar-refractivity contribution is 0.0214. The molecule has 4 rings (SSSR count). The molecule has 0 aliphatic carbocycles. The van der Waals surface area contributed by atoms with Gasteiger partial charge in [0.1, 0.15) is 23.2 Å². The van der Waals surface area contributed by atoms with Crippen LogP contribution >= 0.6 is 0 Å². The lowest BCUT2D eigenvalue weighted by Crippen LogP contribution is -2.39. The second-order valence-corrected chi connectivity index (χ2v) is 6.24. The van der Waals surface area contributed by atoms with Gasteiger partial charge in [0.25, 0.3) is 0 Å². The Balaban J connectivity index is 1.45. The van der Waals surface area contributed by atoms with Crippen LogP contribution in [0.5, 0.6) is 0 Å². The van der Waals surface area contributed by atoms with Crippen LogP contribution in [-0.4, -0.2) is 34.6 Å². The molecule has 1 saturated heterocycles. The van der Waals surface area contributed by atoms with E-state index < -0.39 is 0 Å². The Kier molecular flexibility index (Phi) is 4.62. The molecule has 0 saturated carbocycles. The average molecular weight is 354 g/mol. The van der Waals surface area contributed by atoms with Crippen molar-refractivity contribution in [2.45, 2.75) is 19.4 Å². The third-order valence-corrected chi connectivity index (χ3v) is 4.29. The van der Waals surface area contributed by atoms with Gasteiger partial charge in [-0.05, 0) is 30.7 Å². The van der Waals surface area contributed by atoms with Crippen LogP contribution in [0.1, 0.15) is 29.1 Å². The second-order valence-electron chi connectivity index (χ2n) is 6.24. The van der Waals surface area contributed by atoms with Crippen LogP contribution in [0.4, 0.5) is 10.2 Å². The number of hydrogen-bond acceptors (Lipinski definition) is 6. The maximum atomic E-state index is 13.0. The van der Waals surface area contributed by atoms with Crippen molar-refractivity contribution >= 4 is 5.82 Å². The molecule has 0 radical (unpaired) electrons. The summed E-state index contributed by atoms with van der Waals surface area (Å²) in [6.07, 6.45) is 3.78. The van der Waals surface area contributed by atoms with Gasteiger partial charge in [0.15, 0.2) is 6.10 Å². The molecule has 6 nitrogen and oxygen atoms in total. The molecule has 1 fully saturated rings. The molecular weight excluding hydrogens is 335 g/mol. The summed E-state index contributed by atoms with van der Waals surface area (Å²) >= 11 is 0. The van der Waals surface area contributed by atoms with Gasteiger partial charge < -0.3 is 14.1 Å². The van der Waals surface area contributed by atoms with Crippen molar-refractivity contribution in [3.63, 3.8) is 0 Å². The number of anilines is 1. The van der Waals surface area contributed by atoms with Crippen LogP contribution in [0.2, 0.25) is 0 Å². The van der Waals surface area contributed by atoms with Crippen LogP contribution < -0.4 is 4.90 Å². The van der Waals surface area contributed by atoms with Gasteiger partial charge in [-0.1, -0.05) is 12.1 Å². The molecule has 134 valence electrons. The molecule has 3 aromatic rings. The fourth-order valence-corrected chi connectivity index (χ4v) is 2.98. The Hall–Kier alpha value is -2.80. The van der Waals surface area contributed by atoms with Gasteiger partial charge in [0.05, 0.1) is 19.3 Å². The molecule has 1 atom stereocenters. The van der Waals surface area contributed by atoms with Crippen molar-refractivity contribution < 1.29 is 13.5 Å². The summed E-state index contributed by atoms with van der Waals surface area (Å²) in [7, 11) is 0. The number of rotatable bonds is 4. The minimum Gasteiger partial charge on any atom is -0.442 e. The van der Waals surface area contributed by atoms with Gasteiger partial charge in [-0.15, -0.1) is 0 Å². The van der Waals surface area contributed by atoms with E-state index >= 15 is 0 Å². The number of oxazole rings is 1. The standard InChI is InChI=1S/C19H19FN4O2/c1-13-21-7-6-18(23-13)24-8-9-25-17(12-24)19-22-11-16(26-19)10-14-2-4-15(20)5-3-14/h2-7,11,17H,8-10,12H2,1H3/t17-/m0/s1. The van der Waals surface area contributed by atoms with Crippen LogP contribution in [0, 0.1) is 12.7 Å². The highest BCUT2D eigenvalue weighted by Gasteiger charge is 2.26. The van der Waals surface area contributed by atoms with E-state index in [1.807, 2.05) is 13.0 Å². The molecule has 1 aromatic carbocycles. The van der Waals surface area contributed by atoms with Crippen LogP contribution in [-0.2, 0) is 11.2 Å². The van der Waals surface area contributed by atoms with E-state index in [0.717, 1.165) is 29.5 Å². The number of halogens is 1. The monoisotopic (exact) mass is 354 g/mol. The molecule has 7 heteroatoms.